The van der Waals surface area contributed by atoms with E-state index in [1.807, 2.05) is 18.7 Å². The van der Waals surface area contributed by atoms with Crippen molar-refractivity contribution in [1.82, 2.24) is 10.2 Å². The van der Waals surface area contributed by atoms with Crippen LogP contribution >= 0.6 is 0 Å². The highest BCUT2D eigenvalue weighted by molar-refractivity contribution is 5.91. The molecule has 144 valence electrons. The number of nitrogens with one attached hydrogen (secondary N) is 1. The normalized spacial score (nSPS) is 22.2. The highest BCUT2D eigenvalue weighted by atomic mass is 16.2. The van der Waals surface area contributed by atoms with Gasteiger partial charge >= 0.3 is 0 Å². The van der Waals surface area contributed by atoms with Gasteiger partial charge in [0.25, 0.3) is 0 Å². The molecule has 5 heteroatoms. The van der Waals surface area contributed by atoms with E-state index in [4.69, 9.17) is 5.73 Å². The second-order valence-corrected chi connectivity index (χ2v) is 8.11. The van der Waals surface area contributed by atoms with Crippen LogP contribution in [-0.2, 0) is 9.59 Å². The molecule has 0 heterocycles. The van der Waals surface area contributed by atoms with E-state index in [2.05, 4.69) is 5.32 Å². The van der Waals surface area contributed by atoms with E-state index in [1.165, 1.54) is 6.42 Å². The van der Waals surface area contributed by atoms with Crippen LogP contribution in [0.2, 0.25) is 0 Å². The van der Waals surface area contributed by atoms with Crippen LogP contribution < -0.4 is 11.1 Å². The first-order valence-electron chi connectivity index (χ1n) is 10.3. The summed E-state index contributed by atoms with van der Waals surface area (Å²) in [7, 11) is 0. The number of amides is 2. The molecule has 0 aromatic carbocycles. The van der Waals surface area contributed by atoms with Crippen LogP contribution in [0, 0.1) is 5.41 Å². The molecule has 2 rings (SSSR count). The second-order valence-electron chi connectivity index (χ2n) is 8.11. The van der Waals surface area contributed by atoms with Gasteiger partial charge in [0.1, 0.15) is 5.54 Å². The average Bonchev–Trinajstić information content (AvgIpc) is 2.64. The van der Waals surface area contributed by atoms with Crippen LogP contribution in [0.4, 0.5) is 0 Å². The standard InChI is InChI=1S/C20H37N3O2/c1-3-23(4-2)18(25)20(13-9-6-10-14-20)22-17(24)15-19(16-21)11-7-5-8-12-19/h3-16,21H2,1-2H3,(H,22,24). The first kappa shape index (κ1) is 20.2. The molecule has 2 amide bonds. The van der Waals surface area contributed by atoms with Crippen LogP contribution in [0.5, 0.6) is 0 Å². The predicted octanol–water partition coefficient (Wildman–Crippen LogP) is 2.97. The average molecular weight is 352 g/mol. The third-order valence-corrected chi connectivity index (χ3v) is 6.43. The van der Waals surface area contributed by atoms with E-state index in [1.54, 1.807) is 0 Å². The quantitative estimate of drug-likeness (QED) is 0.740. The number of hydrogen-bond acceptors (Lipinski definition) is 3. The van der Waals surface area contributed by atoms with Gasteiger partial charge in [0.2, 0.25) is 11.8 Å². The molecule has 2 aliphatic carbocycles. The monoisotopic (exact) mass is 351 g/mol. The summed E-state index contributed by atoms with van der Waals surface area (Å²) in [6, 6.07) is 0. The summed E-state index contributed by atoms with van der Waals surface area (Å²) < 4.78 is 0. The van der Waals surface area contributed by atoms with Crippen molar-refractivity contribution in [2.24, 2.45) is 11.1 Å². The number of nitrogens with zero attached hydrogens (tertiary/aromatic N) is 1. The number of carbonyl (C=O) groups is 2. The van der Waals surface area contributed by atoms with E-state index in [0.717, 1.165) is 57.8 Å². The summed E-state index contributed by atoms with van der Waals surface area (Å²) in [5.74, 6) is 0.130. The molecule has 0 unspecified atom stereocenters. The molecule has 0 aromatic heterocycles. The Hall–Kier alpha value is -1.10. The summed E-state index contributed by atoms with van der Waals surface area (Å²) in [5.41, 5.74) is 5.30. The zero-order valence-electron chi connectivity index (χ0n) is 16.2. The number of carbonyl (C=O) groups excluding carboxylic acids is 2. The Kier molecular flexibility index (Phi) is 7.29. The fourth-order valence-corrected chi connectivity index (χ4v) is 4.77. The van der Waals surface area contributed by atoms with Gasteiger partial charge in [-0.25, -0.2) is 0 Å². The fourth-order valence-electron chi connectivity index (χ4n) is 4.77. The Labute approximate surface area is 153 Å². The highest BCUT2D eigenvalue weighted by Crippen LogP contribution is 2.39. The van der Waals surface area contributed by atoms with E-state index >= 15 is 0 Å². The number of hydrogen-bond donors (Lipinski definition) is 2. The molecule has 0 radical (unpaired) electrons. The van der Waals surface area contributed by atoms with Crippen molar-refractivity contribution in [2.45, 2.75) is 90.0 Å². The van der Waals surface area contributed by atoms with Gasteiger partial charge in [-0.3, -0.25) is 9.59 Å². The van der Waals surface area contributed by atoms with Crippen LogP contribution in [-0.4, -0.2) is 41.9 Å². The van der Waals surface area contributed by atoms with Gasteiger partial charge in [-0.1, -0.05) is 38.5 Å². The van der Waals surface area contributed by atoms with Crippen LogP contribution in [0.25, 0.3) is 0 Å². The summed E-state index contributed by atoms with van der Waals surface area (Å²) >= 11 is 0. The topological polar surface area (TPSA) is 75.4 Å². The number of nitrogens with two attached hydrogens (primary N) is 1. The maximum atomic E-state index is 13.1. The Bertz CT molecular complexity index is 448. The molecule has 0 aliphatic heterocycles. The first-order valence-corrected chi connectivity index (χ1v) is 10.3. The molecule has 0 saturated heterocycles. The Balaban J connectivity index is 2.10. The number of rotatable bonds is 7. The predicted molar refractivity (Wildman–Crippen MR) is 101 cm³/mol. The van der Waals surface area contributed by atoms with E-state index in [-0.39, 0.29) is 17.2 Å². The van der Waals surface area contributed by atoms with Gasteiger partial charge in [-0.2, -0.15) is 0 Å². The number of likely N-dealkylation sites (N-methyl/N-ethyl adjacent to an activating group) is 1. The van der Waals surface area contributed by atoms with Crippen LogP contribution in [0.3, 0.4) is 0 Å². The van der Waals surface area contributed by atoms with Gasteiger partial charge in [0.15, 0.2) is 0 Å². The lowest BCUT2D eigenvalue weighted by Gasteiger charge is -2.41. The smallest absolute Gasteiger partial charge is 0.248 e. The van der Waals surface area contributed by atoms with Crippen molar-refractivity contribution in [3.8, 4) is 0 Å². The minimum absolute atomic E-state index is 0.0229. The highest BCUT2D eigenvalue weighted by Gasteiger charge is 2.44. The Morgan fingerprint density at radius 1 is 0.920 bits per heavy atom. The largest absolute Gasteiger partial charge is 0.342 e. The van der Waals surface area contributed by atoms with Crippen molar-refractivity contribution >= 4 is 11.8 Å². The zero-order valence-corrected chi connectivity index (χ0v) is 16.2. The minimum atomic E-state index is -0.689. The van der Waals surface area contributed by atoms with E-state index < -0.39 is 5.54 Å². The summed E-state index contributed by atoms with van der Waals surface area (Å²) in [6.07, 6.45) is 10.8. The summed E-state index contributed by atoms with van der Waals surface area (Å²) in [5, 5.41) is 3.20. The molecule has 0 aromatic rings. The third-order valence-electron chi connectivity index (χ3n) is 6.43. The van der Waals surface area contributed by atoms with Gasteiger partial charge in [-0.15, -0.1) is 0 Å². The molecule has 2 aliphatic rings. The lowest BCUT2D eigenvalue weighted by Crippen LogP contribution is -2.61. The van der Waals surface area contributed by atoms with Gasteiger partial charge in [-0.05, 0) is 51.5 Å². The lowest BCUT2D eigenvalue weighted by molar-refractivity contribution is -0.144. The van der Waals surface area contributed by atoms with Gasteiger partial charge < -0.3 is 16.0 Å². The zero-order chi connectivity index (χ0) is 18.3. The molecule has 2 fully saturated rings. The van der Waals surface area contributed by atoms with Crippen molar-refractivity contribution < 1.29 is 9.59 Å². The van der Waals surface area contributed by atoms with Crippen molar-refractivity contribution in [1.29, 1.82) is 0 Å². The van der Waals surface area contributed by atoms with Gasteiger partial charge in [0.05, 0.1) is 0 Å². The summed E-state index contributed by atoms with van der Waals surface area (Å²) in [4.78, 5) is 27.9. The first-order chi connectivity index (χ1) is 12.0. The SMILES string of the molecule is CCN(CC)C(=O)C1(NC(=O)CC2(CN)CCCCC2)CCCCC1. The molecule has 0 bridgehead atoms. The maximum absolute atomic E-state index is 13.1. The lowest BCUT2D eigenvalue weighted by atomic mass is 9.71. The molecule has 0 spiro atoms. The third kappa shape index (κ3) is 4.75. The van der Waals surface area contributed by atoms with Crippen molar-refractivity contribution in [3.05, 3.63) is 0 Å². The van der Waals surface area contributed by atoms with Crippen molar-refractivity contribution in [3.63, 3.8) is 0 Å². The van der Waals surface area contributed by atoms with Crippen LogP contribution in [0.1, 0.15) is 84.5 Å². The van der Waals surface area contributed by atoms with Crippen molar-refractivity contribution in [2.75, 3.05) is 19.6 Å². The molecule has 2 saturated carbocycles. The molecular weight excluding hydrogens is 314 g/mol. The maximum Gasteiger partial charge on any atom is 0.248 e. The molecule has 0 atom stereocenters. The van der Waals surface area contributed by atoms with Gasteiger partial charge in [0, 0.05) is 19.5 Å². The van der Waals surface area contributed by atoms with Crippen LogP contribution in [0.15, 0.2) is 0 Å². The fraction of sp³-hybridized carbons (Fsp3) is 0.900. The van der Waals surface area contributed by atoms with E-state index in [9.17, 15) is 9.59 Å². The second kappa shape index (κ2) is 9.02. The minimum Gasteiger partial charge on any atom is -0.342 e. The molecular formula is C20H37N3O2. The molecule has 25 heavy (non-hydrogen) atoms. The Morgan fingerprint density at radius 3 is 1.92 bits per heavy atom. The molecule has 3 N–H and O–H groups in total. The Morgan fingerprint density at radius 2 is 1.44 bits per heavy atom. The molecule has 5 nitrogen and oxygen atoms in total. The van der Waals surface area contributed by atoms with E-state index in [0.29, 0.717) is 26.1 Å². The summed E-state index contributed by atoms with van der Waals surface area (Å²) in [6.45, 7) is 5.97.